The topological polar surface area (TPSA) is 146 Å². The van der Waals surface area contributed by atoms with Gasteiger partial charge in [0, 0.05) is 19.5 Å². The van der Waals surface area contributed by atoms with Crippen molar-refractivity contribution in [1.82, 2.24) is 21.3 Å². The predicted octanol–water partition coefficient (Wildman–Crippen LogP) is 1.91. The zero-order chi connectivity index (χ0) is 27.5. The van der Waals surface area contributed by atoms with Crippen LogP contribution in [0.3, 0.4) is 0 Å². The minimum Gasteiger partial charge on any atom is -0.492 e. The number of hydrogen-bond acceptors (Lipinski definition) is 6. The molecule has 0 unspecified atom stereocenters. The maximum Gasteiger partial charge on any atom is 0.303 e. The summed E-state index contributed by atoms with van der Waals surface area (Å²) in [7, 11) is 0. The van der Waals surface area contributed by atoms with Gasteiger partial charge < -0.3 is 31.1 Å². The molecule has 10 nitrogen and oxygen atoms in total. The molecule has 1 aromatic rings. The van der Waals surface area contributed by atoms with Gasteiger partial charge in [0.25, 0.3) is 0 Å². The number of aliphatic carboxylic acids is 1. The molecule has 0 radical (unpaired) electrons. The maximum atomic E-state index is 13.6. The Morgan fingerprint density at radius 1 is 1.05 bits per heavy atom. The Labute approximate surface area is 224 Å². The average molecular weight is 531 g/mol. The van der Waals surface area contributed by atoms with Crippen LogP contribution < -0.4 is 26.0 Å². The highest BCUT2D eigenvalue weighted by atomic mass is 16.5. The van der Waals surface area contributed by atoms with Crippen molar-refractivity contribution >= 4 is 23.7 Å². The number of fused-ring (bicyclic) bond motifs is 1. The van der Waals surface area contributed by atoms with E-state index in [9.17, 15) is 24.3 Å². The predicted molar refractivity (Wildman–Crippen MR) is 143 cm³/mol. The second-order valence-electron chi connectivity index (χ2n) is 10.7. The van der Waals surface area contributed by atoms with Crippen molar-refractivity contribution in [3.63, 3.8) is 0 Å². The van der Waals surface area contributed by atoms with E-state index in [0.717, 1.165) is 24.2 Å². The summed E-state index contributed by atoms with van der Waals surface area (Å²) < 4.78 is 6.02. The molecule has 38 heavy (non-hydrogen) atoms. The van der Waals surface area contributed by atoms with Crippen LogP contribution in [0.1, 0.15) is 70.8 Å². The molecule has 1 aromatic carbocycles. The van der Waals surface area contributed by atoms with E-state index in [-0.39, 0.29) is 24.7 Å². The van der Waals surface area contributed by atoms with Gasteiger partial charge in [-0.1, -0.05) is 44.9 Å². The Balaban J connectivity index is 1.85. The molecular formula is C28H42N4O6. The second kappa shape index (κ2) is 14.1. The summed E-state index contributed by atoms with van der Waals surface area (Å²) in [5.41, 5.74) is -0.116. The minimum absolute atomic E-state index is 0.0366. The molecule has 0 aromatic heterocycles. The molecule has 1 saturated carbocycles. The van der Waals surface area contributed by atoms with Gasteiger partial charge in [-0.3, -0.25) is 19.2 Å². The third kappa shape index (κ3) is 8.44. The Morgan fingerprint density at radius 3 is 2.50 bits per heavy atom. The molecule has 0 saturated heterocycles. The molecule has 2 atom stereocenters. The number of para-hydroxylation sites is 1. The standard InChI is InChI=1S/C28H42N4O6/c1-19(2)18-22-26(36)32-28(13-5-6-14-28)27(37)31-21(11-12-24(33)34)25(35)30-15-7-9-20-8-3-4-10-23(20)38-17-16-29-22/h3-4,8,10,19,21-22,29H,5-7,9,11-18H2,1-2H3,(H,30,35)(H,31,37)(H,32,36)(H,33,34)/t21-,22-/m0/s1. The molecule has 1 heterocycles. The number of nitrogens with one attached hydrogen (secondary N) is 4. The van der Waals surface area contributed by atoms with Gasteiger partial charge in [0.2, 0.25) is 17.7 Å². The largest absolute Gasteiger partial charge is 0.492 e. The number of carbonyl (C=O) groups is 4. The molecule has 1 fully saturated rings. The number of carbonyl (C=O) groups excluding carboxylic acids is 3. The van der Waals surface area contributed by atoms with Crippen LogP contribution in [0.15, 0.2) is 24.3 Å². The summed E-state index contributed by atoms with van der Waals surface area (Å²) >= 11 is 0. The first-order valence-electron chi connectivity index (χ1n) is 13.8. The Kier molecular flexibility index (Phi) is 10.9. The van der Waals surface area contributed by atoms with Crippen molar-refractivity contribution in [3.05, 3.63) is 29.8 Å². The van der Waals surface area contributed by atoms with Gasteiger partial charge in [-0.2, -0.15) is 0 Å². The van der Waals surface area contributed by atoms with Crippen molar-refractivity contribution in [1.29, 1.82) is 0 Å². The lowest BCUT2D eigenvalue weighted by Crippen LogP contribution is -2.63. The summed E-state index contributed by atoms with van der Waals surface area (Å²) in [6.07, 6.45) is 4.10. The van der Waals surface area contributed by atoms with Crippen LogP contribution in [0.25, 0.3) is 0 Å². The van der Waals surface area contributed by atoms with E-state index in [1.807, 2.05) is 38.1 Å². The Morgan fingerprint density at radius 2 is 1.79 bits per heavy atom. The quantitative estimate of drug-likeness (QED) is 0.391. The molecule has 2 aliphatic rings. The molecule has 0 bridgehead atoms. The van der Waals surface area contributed by atoms with Gasteiger partial charge in [-0.15, -0.1) is 0 Å². The number of rotatable bonds is 5. The first-order valence-corrected chi connectivity index (χ1v) is 13.8. The second-order valence-corrected chi connectivity index (χ2v) is 10.7. The summed E-state index contributed by atoms with van der Waals surface area (Å²) in [5.74, 6) is -1.16. The van der Waals surface area contributed by atoms with E-state index in [0.29, 0.717) is 51.8 Å². The van der Waals surface area contributed by atoms with Crippen LogP contribution in [0.4, 0.5) is 0 Å². The highest BCUT2D eigenvalue weighted by Gasteiger charge is 2.44. The van der Waals surface area contributed by atoms with Crippen LogP contribution in [-0.4, -0.2) is 66.1 Å². The lowest BCUT2D eigenvalue weighted by atomic mass is 9.93. The number of carboxylic acids is 1. The Hall–Kier alpha value is -3.14. The number of aryl methyl sites for hydroxylation is 1. The van der Waals surface area contributed by atoms with E-state index in [4.69, 9.17) is 4.74 Å². The highest BCUT2D eigenvalue weighted by Crippen LogP contribution is 2.30. The van der Waals surface area contributed by atoms with Crippen molar-refractivity contribution in [2.75, 3.05) is 19.7 Å². The number of carboxylic acid groups (broad SMARTS) is 1. The van der Waals surface area contributed by atoms with Gasteiger partial charge in [0.05, 0.1) is 6.04 Å². The van der Waals surface area contributed by atoms with E-state index in [1.54, 1.807) is 0 Å². The smallest absolute Gasteiger partial charge is 0.303 e. The van der Waals surface area contributed by atoms with Crippen molar-refractivity contribution in [2.45, 2.75) is 89.3 Å². The fourth-order valence-electron chi connectivity index (χ4n) is 5.16. The molecule has 1 aliphatic carbocycles. The molecule has 210 valence electrons. The van der Waals surface area contributed by atoms with E-state index >= 15 is 0 Å². The van der Waals surface area contributed by atoms with Gasteiger partial charge >= 0.3 is 5.97 Å². The summed E-state index contributed by atoms with van der Waals surface area (Å²) in [6, 6.07) is 6.22. The van der Waals surface area contributed by atoms with Crippen LogP contribution in [0.2, 0.25) is 0 Å². The zero-order valence-electron chi connectivity index (χ0n) is 22.5. The van der Waals surface area contributed by atoms with Crippen LogP contribution in [0, 0.1) is 5.92 Å². The minimum atomic E-state index is -1.13. The lowest BCUT2D eigenvalue weighted by molar-refractivity contribution is -0.139. The molecular weight excluding hydrogens is 488 g/mol. The van der Waals surface area contributed by atoms with E-state index in [1.165, 1.54) is 0 Å². The van der Waals surface area contributed by atoms with Crippen LogP contribution in [0.5, 0.6) is 5.75 Å². The molecule has 3 amide bonds. The first-order chi connectivity index (χ1) is 18.2. The fraction of sp³-hybridized carbons (Fsp3) is 0.643. The van der Waals surface area contributed by atoms with Crippen LogP contribution in [-0.2, 0) is 25.6 Å². The van der Waals surface area contributed by atoms with Crippen molar-refractivity contribution < 1.29 is 29.0 Å². The third-order valence-electron chi connectivity index (χ3n) is 7.19. The monoisotopic (exact) mass is 530 g/mol. The molecule has 1 aliphatic heterocycles. The average Bonchev–Trinajstić information content (AvgIpc) is 3.35. The van der Waals surface area contributed by atoms with Crippen molar-refractivity contribution in [2.24, 2.45) is 5.92 Å². The fourth-order valence-corrected chi connectivity index (χ4v) is 5.16. The van der Waals surface area contributed by atoms with E-state index in [2.05, 4.69) is 21.3 Å². The summed E-state index contributed by atoms with van der Waals surface area (Å²) in [5, 5.41) is 21.1. The SMILES string of the molecule is CC(C)C[C@@H]1NCCOc2ccccc2CCCNC(=O)[C@H](CCC(=O)O)NC(=O)C2(CCCC2)NC1=O. The number of ether oxygens (including phenoxy) is 1. The lowest BCUT2D eigenvalue weighted by Gasteiger charge is -2.33. The Bertz CT molecular complexity index is 976. The summed E-state index contributed by atoms with van der Waals surface area (Å²) in [6.45, 7) is 5.29. The first kappa shape index (κ1) is 29.4. The number of benzene rings is 1. The van der Waals surface area contributed by atoms with Gasteiger partial charge in [0.15, 0.2) is 0 Å². The van der Waals surface area contributed by atoms with Gasteiger partial charge in [-0.25, -0.2) is 0 Å². The van der Waals surface area contributed by atoms with Crippen molar-refractivity contribution in [3.8, 4) is 5.75 Å². The maximum absolute atomic E-state index is 13.6. The molecule has 3 rings (SSSR count). The number of hydrogen-bond donors (Lipinski definition) is 5. The van der Waals surface area contributed by atoms with Gasteiger partial charge in [-0.05, 0) is 56.1 Å². The molecule has 10 heteroatoms. The zero-order valence-corrected chi connectivity index (χ0v) is 22.5. The van der Waals surface area contributed by atoms with E-state index < -0.39 is 35.4 Å². The molecule has 1 spiro atoms. The highest BCUT2D eigenvalue weighted by molar-refractivity contribution is 5.96. The number of amides is 3. The summed E-state index contributed by atoms with van der Waals surface area (Å²) in [4.78, 5) is 51.3. The third-order valence-corrected chi connectivity index (χ3v) is 7.19. The molecule has 5 N–H and O–H groups in total. The normalized spacial score (nSPS) is 23.4. The van der Waals surface area contributed by atoms with Crippen LogP contribution >= 0.6 is 0 Å². The van der Waals surface area contributed by atoms with Gasteiger partial charge in [0.1, 0.15) is 23.9 Å².